The second kappa shape index (κ2) is 9.53. The molecule has 176 valence electrons. The van der Waals surface area contributed by atoms with Gasteiger partial charge in [-0.2, -0.15) is 10.1 Å². The fraction of sp³-hybridized carbons (Fsp3) is 0.182. The summed E-state index contributed by atoms with van der Waals surface area (Å²) in [5.74, 6) is 0.373. The van der Waals surface area contributed by atoms with Gasteiger partial charge in [-0.1, -0.05) is 30.3 Å². The molecular weight excluding hydrogens is 508 g/mol. The maximum atomic E-state index is 12.6. The smallest absolute Gasteiger partial charge is 0.329 e. The molecule has 34 heavy (non-hydrogen) atoms. The van der Waals surface area contributed by atoms with Crippen molar-refractivity contribution in [1.82, 2.24) is 19.1 Å². The number of hydrazone groups is 1. The van der Waals surface area contributed by atoms with E-state index in [1.165, 1.54) is 29.5 Å². The molecule has 1 atom stereocenters. The Labute approximate surface area is 201 Å². The fourth-order valence-corrected chi connectivity index (χ4v) is 3.90. The molecule has 1 unspecified atom stereocenters. The number of imidazole rings is 1. The largest absolute Gasteiger partial charge is 0.503 e. The fourth-order valence-electron chi connectivity index (χ4n) is 3.44. The first-order valence-electron chi connectivity index (χ1n) is 10.1. The van der Waals surface area contributed by atoms with E-state index < -0.39 is 17.4 Å². The topological polar surface area (TPSA) is 147 Å². The number of aliphatic hydroxyl groups excluding tert-OH is 1. The zero-order valence-electron chi connectivity index (χ0n) is 18.2. The zero-order chi connectivity index (χ0) is 24.4. The molecule has 0 radical (unpaired) electrons. The summed E-state index contributed by atoms with van der Waals surface area (Å²) in [5, 5.41) is 24.9. The van der Waals surface area contributed by atoms with Crippen LogP contribution < -0.4 is 21.4 Å². The van der Waals surface area contributed by atoms with Crippen molar-refractivity contribution in [2.45, 2.75) is 12.6 Å². The molecule has 0 bridgehead atoms. The number of benzene rings is 2. The lowest BCUT2D eigenvalue weighted by Gasteiger charge is -2.14. The summed E-state index contributed by atoms with van der Waals surface area (Å²) in [5.41, 5.74) is 3.05. The third kappa shape index (κ3) is 4.45. The van der Waals surface area contributed by atoms with Crippen LogP contribution >= 0.6 is 15.9 Å². The minimum Gasteiger partial charge on any atom is -0.503 e. The number of aryl methyl sites for hydroxylation is 1. The van der Waals surface area contributed by atoms with Crippen LogP contribution in [0.4, 0.5) is 5.95 Å². The Kier molecular flexibility index (Phi) is 6.52. The molecule has 0 aliphatic carbocycles. The number of fused-ring (bicyclic) bond motifs is 1. The van der Waals surface area contributed by atoms with Gasteiger partial charge in [0.15, 0.2) is 22.7 Å². The highest BCUT2D eigenvalue weighted by Crippen LogP contribution is 2.34. The van der Waals surface area contributed by atoms with Crippen LogP contribution in [0, 0.1) is 0 Å². The van der Waals surface area contributed by atoms with Gasteiger partial charge < -0.3 is 14.9 Å². The van der Waals surface area contributed by atoms with Crippen molar-refractivity contribution in [3.05, 3.63) is 78.9 Å². The van der Waals surface area contributed by atoms with E-state index in [9.17, 15) is 19.8 Å². The number of halogens is 1. The Morgan fingerprint density at radius 1 is 1.29 bits per heavy atom. The lowest BCUT2D eigenvalue weighted by molar-refractivity contribution is 0.158. The van der Waals surface area contributed by atoms with Crippen molar-refractivity contribution in [3.63, 3.8) is 0 Å². The van der Waals surface area contributed by atoms with E-state index >= 15 is 0 Å². The summed E-state index contributed by atoms with van der Waals surface area (Å²) in [7, 11) is 2.92. The van der Waals surface area contributed by atoms with Crippen molar-refractivity contribution < 1.29 is 14.9 Å². The van der Waals surface area contributed by atoms with Crippen LogP contribution in [0.2, 0.25) is 0 Å². The Morgan fingerprint density at radius 3 is 2.74 bits per heavy atom. The van der Waals surface area contributed by atoms with E-state index in [4.69, 9.17) is 4.74 Å². The van der Waals surface area contributed by atoms with Gasteiger partial charge in [0.2, 0.25) is 5.95 Å². The number of aromatic amines is 1. The third-order valence-corrected chi connectivity index (χ3v) is 5.80. The molecule has 0 saturated heterocycles. The van der Waals surface area contributed by atoms with Crippen LogP contribution in [-0.2, 0) is 13.6 Å². The molecule has 2 heterocycles. The Balaban J connectivity index is 1.74. The summed E-state index contributed by atoms with van der Waals surface area (Å²) in [6, 6.07) is 12.2. The highest BCUT2D eigenvalue weighted by Gasteiger charge is 2.20. The standard InChI is InChI=1S/C22H21BrN6O5/c1-28-19-17(20(32)26-22(28)33)29(11-15(30)13-6-4-3-5-7-13)21(25-19)27-24-10-12-8-14(23)18(31)16(9-12)34-2/h3-10,15,30-31H,11H2,1-2H3,(H,25,27)(H,26,32,33)/b24-10+. The van der Waals surface area contributed by atoms with E-state index in [0.29, 0.717) is 15.6 Å². The third-order valence-electron chi connectivity index (χ3n) is 5.20. The van der Waals surface area contributed by atoms with Gasteiger partial charge in [0.25, 0.3) is 5.56 Å². The number of hydrogen-bond donors (Lipinski definition) is 4. The molecule has 0 amide bonds. The molecule has 4 N–H and O–H groups in total. The Morgan fingerprint density at radius 2 is 2.03 bits per heavy atom. The lowest BCUT2D eigenvalue weighted by Crippen LogP contribution is -2.29. The molecule has 0 spiro atoms. The molecule has 11 nitrogen and oxygen atoms in total. The van der Waals surface area contributed by atoms with Gasteiger partial charge in [-0.25, -0.2) is 10.2 Å². The molecule has 4 aromatic rings. The second-order valence-electron chi connectivity index (χ2n) is 7.39. The normalized spacial score (nSPS) is 12.4. The van der Waals surface area contributed by atoms with Crippen LogP contribution in [0.5, 0.6) is 11.5 Å². The number of H-pyrrole nitrogens is 1. The first kappa shape index (κ1) is 23.3. The van der Waals surface area contributed by atoms with Crippen molar-refractivity contribution in [2.75, 3.05) is 12.5 Å². The van der Waals surface area contributed by atoms with Gasteiger partial charge in [0.05, 0.1) is 30.4 Å². The van der Waals surface area contributed by atoms with Gasteiger partial charge in [-0.15, -0.1) is 0 Å². The highest BCUT2D eigenvalue weighted by molar-refractivity contribution is 9.10. The summed E-state index contributed by atoms with van der Waals surface area (Å²) in [6.45, 7) is -0.0156. The number of methoxy groups -OCH3 is 1. The van der Waals surface area contributed by atoms with Crippen LogP contribution in [0.25, 0.3) is 11.2 Å². The molecule has 4 rings (SSSR count). The number of rotatable bonds is 7. The maximum Gasteiger partial charge on any atom is 0.329 e. The average molecular weight is 529 g/mol. The Bertz CT molecular complexity index is 1490. The number of nitrogens with zero attached hydrogens (tertiary/aromatic N) is 4. The number of aromatic nitrogens is 4. The summed E-state index contributed by atoms with van der Waals surface area (Å²) in [4.78, 5) is 31.3. The van der Waals surface area contributed by atoms with Crippen LogP contribution in [0.1, 0.15) is 17.2 Å². The molecule has 2 aromatic carbocycles. The highest BCUT2D eigenvalue weighted by atomic mass is 79.9. The number of phenols is 1. The molecule has 0 saturated carbocycles. The minimum absolute atomic E-state index is 0.0156. The molecule has 0 aliphatic rings. The summed E-state index contributed by atoms with van der Waals surface area (Å²) >= 11 is 3.25. The van der Waals surface area contributed by atoms with E-state index in [1.807, 2.05) is 6.07 Å². The molecule has 2 aromatic heterocycles. The Hall–Kier alpha value is -3.90. The van der Waals surface area contributed by atoms with Crippen molar-refractivity contribution in [3.8, 4) is 11.5 Å². The first-order chi connectivity index (χ1) is 16.3. The SMILES string of the molecule is COc1cc(/C=N/Nc2nc3c(c(=O)[nH]c(=O)n3C)n2CC(O)c2ccccc2)cc(Br)c1O. The number of aliphatic hydroxyl groups is 1. The second-order valence-corrected chi connectivity index (χ2v) is 8.24. The number of nitrogens with one attached hydrogen (secondary N) is 2. The predicted molar refractivity (Wildman–Crippen MR) is 131 cm³/mol. The lowest BCUT2D eigenvalue weighted by atomic mass is 10.1. The van der Waals surface area contributed by atoms with Crippen molar-refractivity contribution >= 4 is 39.3 Å². The number of aromatic hydroxyl groups is 1. The minimum atomic E-state index is -0.947. The average Bonchev–Trinajstić information content (AvgIpc) is 3.19. The number of anilines is 1. The van der Waals surface area contributed by atoms with Gasteiger partial charge in [-0.3, -0.25) is 18.9 Å². The van der Waals surface area contributed by atoms with E-state index in [1.54, 1.807) is 36.4 Å². The van der Waals surface area contributed by atoms with Gasteiger partial charge in [-0.05, 0) is 39.2 Å². The number of phenolic OH excluding ortho intramolecular Hbond substituents is 1. The first-order valence-corrected chi connectivity index (χ1v) is 10.9. The quantitative estimate of drug-likeness (QED) is 0.212. The van der Waals surface area contributed by atoms with E-state index in [0.717, 1.165) is 0 Å². The summed E-state index contributed by atoms with van der Waals surface area (Å²) in [6.07, 6.45) is 0.518. The van der Waals surface area contributed by atoms with Gasteiger partial charge >= 0.3 is 5.69 Å². The van der Waals surface area contributed by atoms with Crippen LogP contribution in [-0.4, -0.2) is 42.6 Å². The molecular formula is C22H21BrN6O5. The van der Waals surface area contributed by atoms with E-state index in [-0.39, 0.29) is 35.2 Å². The maximum absolute atomic E-state index is 12.6. The van der Waals surface area contributed by atoms with E-state index in [2.05, 4.69) is 36.4 Å². The number of ether oxygens (including phenoxy) is 1. The summed E-state index contributed by atoms with van der Waals surface area (Å²) < 4.78 is 8.24. The van der Waals surface area contributed by atoms with Crippen LogP contribution in [0.3, 0.4) is 0 Å². The van der Waals surface area contributed by atoms with Crippen LogP contribution in [0.15, 0.2) is 61.6 Å². The van der Waals surface area contributed by atoms with Crippen molar-refractivity contribution in [1.29, 1.82) is 0 Å². The molecule has 0 aliphatic heterocycles. The predicted octanol–water partition coefficient (Wildman–Crippen LogP) is 2.08. The molecule has 12 heteroatoms. The van der Waals surface area contributed by atoms with Gasteiger partial charge in [0, 0.05) is 7.05 Å². The zero-order valence-corrected chi connectivity index (χ0v) is 19.8. The molecule has 0 fully saturated rings. The number of hydrogen-bond acceptors (Lipinski definition) is 8. The van der Waals surface area contributed by atoms with Gasteiger partial charge in [0.1, 0.15) is 0 Å². The van der Waals surface area contributed by atoms with Crippen molar-refractivity contribution in [2.24, 2.45) is 12.1 Å². The monoisotopic (exact) mass is 528 g/mol.